The summed E-state index contributed by atoms with van der Waals surface area (Å²) in [6.45, 7) is 2.03. The van der Waals surface area contributed by atoms with Crippen LogP contribution < -0.4 is 5.14 Å². The molecular formula is C31H31FN4O4S2. The Morgan fingerprint density at radius 3 is 2.62 bits per heavy atom. The van der Waals surface area contributed by atoms with Crippen molar-refractivity contribution in [2.24, 2.45) is 17.0 Å². The summed E-state index contributed by atoms with van der Waals surface area (Å²) in [6.07, 6.45) is 5.76. The fraction of sp³-hybridized carbons (Fsp3) is 0.323. The molecule has 2 aliphatic carbocycles. The molecule has 0 amide bonds. The highest BCUT2D eigenvalue weighted by Gasteiger charge is 2.29. The molecule has 8 nitrogen and oxygen atoms in total. The van der Waals surface area contributed by atoms with Crippen LogP contribution in [0.2, 0.25) is 0 Å². The number of thiol groups is 1. The van der Waals surface area contributed by atoms with E-state index in [0.717, 1.165) is 60.2 Å². The number of ether oxygens (including phenoxy) is 1. The predicted octanol–water partition coefficient (Wildman–Crippen LogP) is 5.37. The first kappa shape index (κ1) is 29.8. The van der Waals surface area contributed by atoms with Gasteiger partial charge in [0.2, 0.25) is 5.13 Å². The lowest BCUT2D eigenvalue weighted by molar-refractivity contribution is 0.0520. The zero-order chi connectivity index (χ0) is 28.5. The van der Waals surface area contributed by atoms with Crippen molar-refractivity contribution in [3.05, 3.63) is 81.7 Å². The number of benzene rings is 2. The molecule has 1 atom stereocenters. The van der Waals surface area contributed by atoms with E-state index in [-0.39, 0.29) is 23.6 Å². The predicted molar refractivity (Wildman–Crippen MR) is 160 cm³/mol. The molecule has 2 fully saturated rings. The third-order valence-electron chi connectivity index (χ3n) is 7.23. The van der Waals surface area contributed by atoms with Crippen molar-refractivity contribution >= 4 is 28.3 Å². The van der Waals surface area contributed by atoms with Crippen LogP contribution in [0.5, 0.6) is 0 Å². The summed E-state index contributed by atoms with van der Waals surface area (Å²) in [6, 6.07) is 12.4. The van der Waals surface area contributed by atoms with Crippen molar-refractivity contribution in [2.75, 3.05) is 6.61 Å². The molecule has 0 spiro atoms. The number of hydrogen-bond donors (Lipinski definition) is 1. The van der Waals surface area contributed by atoms with E-state index in [4.69, 9.17) is 15.0 Å². The van der Waals surface area contributed by atoms with Gasteiger partial charge in [-0.3, -0.25) is 0 Å². The lowest BCUT2D eigenvalue weighted by Crippen LogP contribution is -2.08. The third kappa shape index (κ3) is 6.68. The van der Waals surface area contributed by atoms with Gasteiger partial charge in [0, 0.05) is 28.8 Å². The Morgan fingerprint density at radius 1 is 1.19 bits per heavy atom. The lowest BCUT2D eigenvalue weighted by atomic mass is 9.96. The van der Waals surface area contributed by atoms with Crippen LogP contribution in [-0.2, 0) is 32.8 Å². The van der Waals surface area contributed by atoms with Gasteiger partial charge in [-0.05, 0) is 80.8 Å². The summed E-state index contributed by atoms with van der Waals surface area (Å²) in [5.74, 6) is 6.26. The number of nitrogens with zero attached hydrogens (tertiary/aromatic N) is 3. The van der Waals surface area contributed by atoms with Gasteiger partial charge in [-0.15, -0.1) is 16.5 Å². The molecule has 4 aromatic rings. The Kier molecular flexibility index (Phi) is 8.99. The number of thiazole rings is 1. The molecule has 3 N–H and O–H groups in total. The minimum atomic E-state index is -1.92. The summed E-state index contributed by atoms with van der Waals surface area (Å²) in [7, 11) is -1.92. The molecule has 42 heavy (non-hydrogen) atoms. The van der Waals surface area contributed by atoms with Crippen LogP contribution in [0.3, 0.4) is 0 Å². The molecule has 0 bridgehead atoms. The van der Waals surface area contributed by atoms with Gasteiger partial charge in [0.25, 0.3) is 0 Å². The van der Waals surface area contributed by atoms with E-state index in [0.29, 0.717) is 33.8 Å². The molecule has 11 heteroatoms. The van der Waals surface area contributed by atoms with E-state index >= 15 is 0 Å². The van der Waals surface area contributed by atoms with Crippen molar-refractivity contribution in [3.8, 4) is 28.2 Å². The minimum Gasteiger partial charge on any atom is -0.870 e. The number of carbonyl (C=O) groups excluding carboxylic acids is 1. The van der Waals surface area contributed by atoms with Crippen molar-refractivity contribution in [1.29, 1.82) is 0 Å². The maximum atomic E-state index is 14.8. The minimum absolute atomic E-state index is 0. The van der Waals surface area contributed by atoms with Crippen LogP contribution in [0, 0.1) is 29.5 Å². The molecule has 218 valence electrons. The quantitative estimate of drug-likeness (QED) is 0.118. The van der Waals surface area contributed by atoms with Crippen LogP contribution in [0.4, 0.5) is 4.39 Å². The molecule has 0 saturated heterocycles. The maximum absolute atomic E-state index is 14.8. The number of hydrogen-bond acceptors (Lipinski definition) is 7. The second-order valence-electron chi connectivity index (χ2n) is 10.5. The Balaban J connectivity index is 0.00000353. The van der Waals surface area contributed by atoms with E-state index in [9.17, 15) is 13.4 Å². The van der Waals surface area contributed by atoms with Gasteiger partial charge < -0.3 is 10.2 Å². The van der Waals surface area contributed by atoms with Crippen molar-refractivity contribution in [2.45, 2.75) is 50.3 Å². The highest BCUT2D eigenvalue weighted by Crippen LogP contribution is 2.38. The highest BCUT2D eigenvalue weighted by atomic mass is 32.2. The molecule has 0 aliphatic heterocycles. The monoisotopic (exact) mass is 606 g/mol. The van der Waals surface area contributed by atoms with Gasteiger partial charge in [-0.1, -0.05) is 28.2 Å². The molecule has 2 aromatic carbocycles. The van der Waals surface area contributed by atoms with Crippen LogP contribution in [-0.4, -0.2) is 32.8 Å². The van der Waals surface area contributed by atoms with Gasteiger partial charge in [0.15, 0.2) is 21.6 Å². The van der Waals surface area contributed by atoms with E-state index in [2.05, 4.69) is 16.8 Å². The lowest BCUT2D eigenvalue weighted by Gasteiger charge is -2.09. The number of nitrogens with two attached hydrogens (primary N) is 1. The fourth-order valence-electron chi connectivity index (χ4n) is 4.67. The standard InChI is InChI=1S/C31H29FN4O3S2.H2O/c1-2-39-30(37)27-18-40-31(34-27)36-28(16-21-5-6-21)25(15-20-8-12-24(13-9-20)41(33)38)29(35-36)23-11-14-26(32)22(17-23)10-7-19-3-4-19;/h8-9,11-14,17-19,21H,2-6,15-16H2,1H3,(H2,33,38);1H2. The Bertz CT molecular complexity index is 1700. The third-order valence-corrected chi connectivity index (χ3v) is 8.85. The second kappa shape index (κ2) is 12.7. The first-order valence-electron chi connectivity index (χ1n) is 13.8. The van der Waals surface area contributed by atoms with Crippen LogP contribution >= 0.6 is 11.3 Å². The van der Waals surface area contributed by atoms with Crippen molar-refractivity contribution < 1.29 is 23.6 Å². The van der Waals surface area contributed by atoms with Gasteiger partial charge in [0.05, 0.1) is 23.6 Å². The van der Waals surface area contributed by atoms with Gasteiger partial charge in [0.1, 0.15) is 5.82 Å². The molecule has 2 heterocycles. The molecule has 0 radical (unpaired) electrons. The Labute approximate surface area is 250 Å². The molecular weight excluding hydrogens is 575 g/mol. The number of aromatic nitrogens is 3. The number of carbonyl (C=O) groups is 1. The molecule has 2 saturated carbocycles. The van der Waals surface area contributed by atoms with Crippen LogP contribution in [0.15, 0.2) is 52.7 Å². The van der Waals surface area contributed by atoms with Gasteiger partial charge in [-0.2, -0.15) is 5.10 Å². The van der Waals surface area contributed by atoms with Crippen molar-refractivity contribution in [3.63, 3.8) is 0 Å². The largest absolute Gasteiger partial charge is 0.870 e. The summed E-state index contributed by atoms with van der Waals surface area (Å²) >= 11 is 1.33. The molecule has 1 unspecified atom stereocenters. The normalized spacial score (nSPS) is 14.9. The highest BCUT2D eigenvalue weighted by molar-refractivity contribution is 7.82. The Hall–Kier alpha value is -3.69. The molecule has 2 aromatic heterocycles. The molecule has 6 rings (SSSR count). The summed E-state index contributed by atoms with van der Waals surface area (Å²) in [5, 5.41) is 12.9. The summed E-state index contributed by atoms with van der Waals surface area (Å²) in [5.41, 5.74) is 5.10. The van der Waals surface area contributed by atoms with Crippen molar-refractivity contribution in [1.82, 2.24) is 14.8 Å². The van der Waals surface area contributed by atoms with E-state index in [1.54, 1.807) is 36.6 Å². The Morgan fingerprint density at radius 2 is 1.95 bits per heavy atom. The molecule has 2 aliphatic rings. The smallest absolute Gasteiger partial charge is 0.357 e. The maximum Gasteiger partial charge on any atom is 0.357 e. The van der Waals surface area contributed by atoms with Gasteiger partial charge >= 0.3 is 5.97 Å². The van der Waals surface area contributed by atoms with E-state index in [1.807, 2.05) is 16.8 Å². The summed E-state index contributed by atoms with van der Waals surface area (Å²) < 4.78 is 33.5. The summed E-state index contributed by atoms with van der Waals surface area (Å²) in [4.78, 5) is 17.5. The zero-order valence-electron chi connectivity index (χ0n) is 23.0. The first-order valence-corrected chi connectivity index (χ1v) is 16.0. The SMILES string of the molecule is CCOC(=O)c1csc(-n2nc(-c3ccc(F)c(C#CC4CC4)c3)c(Cc3ccc([SH+](N)=O)cc3)c2CC2CC2)n1.[OH-]. The average molecular weight is 607 g/mol. The zero-order valence-corrected chi connectivity index (χ0v) is 24.8. The van der Waals surface area contributed by atoms with Crippen LogP contribution in [0.1, 0.15) is 65.5 Å². The number of esters is 1. The van der Waals surface area contributed by atoms with E-state index in [1.165, 1.54) is 17.4 Å². The first-order chi connectivity index (χ1) is 19.9. The second-order valence-corrected chi connectivity index (χ2v) is 12.5. The van der Waals surface area contributed by atoms with Crippen LogP contribution in [0.25, 0.3) is 16.4 Å². The fourth-order valence-corrected chi connectivity index (χ4v) is 5.88. The average Bonchev–Trinajstić information content (AvgIpc) is 3.89. The number of halogens is 1. The van der Waals surface area contributed by atoms with E-state index < -0.39 is 17.0 Å². The van der Waals surface area contributed by atoms with Gasteiger partial charge in [-0.25, -0.2) is 18.9 Å². The number of rotatable bonds is 9. The topological polar surface area (TPSA) is 130 Å².